The molecule has 0 aliphatic heterocycles. The number of hydrogen-bond acceptors (Lipinski definition) is 1. The zero-order valence-corrected chi connectivity index (χ0v) is 13.2. The molecule has 4 atom stereocenters. The third-order valence-electron chi connectivity index (χ3n) is 5.19. The number of rotatable bonds is 3. The summed E-state index contributed by atoms with van der Waals surface area (Å²) < 4.78 is 0. The minimum absolute atomic E-state index is 0.523. The lowest BCUT2D eigenvalue weighted by atomic mass is 9.71. The molecule has 0 bridgehead atoms. The van der Waals surface area contributed by atoms with Crippen molar-refractivity contribution in [1.82, 2.24) is 5.32 Å². The number of nitrogens with one attached hydrogen (secondary N) is 1. The van der Waals surface area contributed by atoms with Gasteiger partial charge in [0.25, 0.3) is 0 Å². The van der Waals surface area contributed by atoms with Gasteiger partial charge >= 0.3 is 0 Å². The van der Waals surface area contributed by atoms with Crippen molar-refractivity contribution in [3.05, 3.63) is 34.9 Å². The summed E-state index contributed by atoms with van der Waals surface area (Å²) in [6.07, 6.45) is 4.11. The molecule has 1 aliphatic rings. The summed E-state index contributed by atoms with van der Waals surface area (Å²) in [7, 11) is 2.12. The van der Waals surface area contributed by atoms with E-state index in [9.17, 15) is 0 Å². The van der Waals surface area contributed by atoms with Gasteiger partial charge in [0.15, 0.2) is 0 Å². The zero-order chi connectivity index (χ0) is 14.0. The molecule has 0 aromatic heterocycles. The van der Waals surface area contributed by atoms with E-state index in [4.69, 9.17) is 0 Å². The summed E-state index contributed by atoms with van der Waals surface area (Å²) in [6, 6.07) is 7.38. The zero-order valence-electron chi connectivity index (χ0n) is 13.2. The first-order valence-corrected chi connectivity index (χ1v) is 7.77. The summed E-state index contributed by atoms with van der Waals surface area (Å²) in [5.41, 5.74) is 4.31. The second kappa shape index (κ2) is 6.09. The number of hydrogen-bond donors (Lipinski definition) is 1. The van der Waals surface area contributed by atoms with Crippen LogP contribution in [0.25, 0.3) is 0 Å². The van der Waals surface area contributed by atoms with Gasteiger partial charge in [-0.3, -0.25) is 0 Å². The Balaban J connectivity index is 2.22. The van der Waals surface area contributed by atoms with Crippen LogP contribution in [-0.2, 0) is 0 Å². The lowest BCUT2D eigenvalue weighted by Crippen LogP contribution is -2.32. The molecule has 1 nitrogen and oxygen atoms in total. The first-order chi connectivity index (χ1) is 9.02. The molecule has 1 aromatic rings. The predicted octanol–water partition coefficient (Wildman–Crippen LogP) is 4.64. The van der Waals surface area contributed by atoms with Crippen molar-refractivity contribution >= 4 is 0 Å². The van der Waals surface area contributed by atoms with E-state index in [1.807, 2.05) is 0 Å². The maximum absolute atomic E-state index is 3.59. The molecule has 106 valence electrons. The second-order valence-corrected chi connectivity index (χ2v) is 6.65. The first-order valence-electron chi connectivity index (χ1n) is 7.77. The third-order valence-corrected chi connectivity index (χ3v) is 5.19. The summed E-state index contributed by atoms with van der Waals surface area (Å²) in [6.45, 7) is 9.27. The van der Waals surface area contributed by atoms with Crippen LogP contribution in [0.2, 0.25) is 0 Å². The van der Waals surface area contributed by atoms with Crippen LogP contribution in [-0.4, -0.2) is 7.05 Å². The number of benzene rings is 1. The molecule has 1 N–H and O–H groups in total. The fraction of sp³-hybridized carbons (Fsp3) is 0.667. The lowest BCUT2D eigenvalue weighted by molar-refractivity contribution is 0.174. The van der Waals surface area contributed by atoms with Crippen molar-refractivity contribution in [1.29, 1.82) is 0 Å². The molecule has 1 heteroatoms. The highest BCUT2D eigenvalue weighted by atomic mass is 14.9. The second-order valence-electron chi connectivity index (χ2n) is 6.65. The molecule has 2 rings (SSSR count). The Morgan fingerprint density at radius 3 is 2.47 bits per heavy atom. The summed E-state index contributed by atoms with van der Waals surface area (Å²) in [5.74, 6) is 2.55. The van der Waals surface area contributed by atoms with Crippen molar-refractivity contribution in [3.63, 3.8) is 0 Å². The highest BCUT2D eigenvalue weighted by Gasteiger charge is 2.30. The summed E-state index contributed by atoms with van der Waals surface area (Å²) in [4.78, 5) is 0. The summed E-state index contributed by atoms with van der Waals surface area (Å²) in [5, 5.41) is 3.59. The van der Waals surface area contributed by atoms with Crippen molar-refractivity contribution in [2.75, 3.05) is 7.05 Å². The normalized spacial score (nSPS) is 29.2. The van der Waals surface area contributed by atoms with E-state index in [1.54, 1.807) is 0 Å². The molecule has 0 spiro atoms. The van der Waals surface area contributed by atoms with Crippen molar-refractivity contribution in [3.8, 4) is 0 Å². The van der Waals surface area contributed by atoms with Gasteiger partial charge in [-0.25, -0.2) is 0 Å². The van der Waals surface area contributed by atoms with E-state index >= 15 is 0 Å². The highest BCUT2D eigenvalue weighted by molar-refractivity contribution is 5.33. The van der Waals surface area contributed by atoms with Gasteiger partial charge in [-0.15, -0.1) is 0 Å². The van der Waals surface area contributed by atoms with Gasteiger partial charge in [0.2, 0.25) is 0 Å². The molecule has 4 unspecified atom stereocenters. The van der Waals surface area contributed by atoms with Gasteiger partial charge in [-0.05, 0) is 62.6 Å². The molecule has 0 saturated heterocycles. The van der Waals surface area contributed by atoms with Gasteiger partial charge in [0.05, 0.1) is 0 Å². The van der Waals surface area contributed by atoms with Gasteiger partial charge < -0.3 is 5.32 Å². The van der Waals surface area contributed by atoms with Crippen LogP contribution in [0.3, 0.4) is 0 Å². The smallest absolute Gasteiger partial charge is 0.0348 e. The Bertz CT molecular complexity index is 424. The largest absolute Gasteiger partial charge is 0.313 e. The summed E-state index contributed by atoms with van der Waals surface area (Å²) >= 11 is 0. The Kier molecular flexibility index (Phi) is 4.67. The van der Waals surface area contributed by atoms with Gasteiger partial charge in [-0.2, -0.15) is 0 Å². The van der Waals surface area contributed by atoms with Crippen LogP contribution >= 0.6 is 0 Å². The molecule has 0 radical (unpaired) electrons. The van der Waals surface area contributed by atoms with Gasteiger partial charge in [0, 0.05) is 6.04 Å². The van der Waals surface area contributed by atoms with Crippen LogP contribution in [0.4, 0.5) is 0 Å². The molecule has 0 heterocycles. The molecule has 1 aliphatic carbocycles. The standard InChI is InChI=1S/C18H29N/c1-12-6-7-14(3)17(10-12)18(19-5)16-9-8-13(2)15(4)11-16/h6-7,10,13,15-16,18-19H,8-9,11H2,1-5H3. The van der Waals surface area contributed by atoms with E-state index in [0.29, 0.717) is 6.04 Å². The Morgan fingerprint density at radius 1 is 1.11 bits per heavy atom. The van der Waals surface area contributed by atoms with Crippen LogP contribution < -0.4 is 5.32 Å². The first kappa shape index (κ1) is 14.6. The fourth-order valence-electron chi connectivity index (χ4n) is 3.63. The maximum atomic E-state index is 3.59. The van der Waals surface area contributed by atoms with Gasteiger partial charge in [0.1, 0.15) is 0 Å². The van der Waals surface area contributed by atoms with Crippen molar-refractivity contribution in [2.45, 2.75) is 53.0 Å². The molecule has 1 saturated carbocycles. The SMILES string of the molecule is CNC(c1cc(C)ccc1C)C1CCC(C)C(C)C1. The molecular formula is C18H29N. The monoisotopic (exact) mass is 259 g/mol. The van der Waals surface area contributed by atoms with Crippen molar-refractivity contribution < 1.29 is 0 Å². The van der Waals surface area contributed by atoms with E-state index in [1.165, 1.54) is 36.0 Å². The molecule has 1 aromatic carbocycles. The van der Waals surface area contributed by atoms with Gasteiger partial charge in [-0.1, -0.05) is 44.0 Å². The van der Waals surface area contributed by atoms with Crippen LogP contribution in [0.15, 0.2) is 18.2 Å². The highest BCUT2D eigenvalue weighted by Crippen LogP contribution is 2.40. The Labute approximate surface area is 118 Å². The van der Waals surface area contributed by atoms with Crippen LogP contribution in [0, 0.1) is 31.6 Å². The quantitative estimate of drug-likeness (QED) is 0.834. The van der Waals surface area contributed by atoms with E-state index in [2.05, 4.69) is 58.3 Å². The topological polar surface area (TPSA) is 12.0 Å². The van der Waals surface area contributed by atoms with Crippen molar-refractivity contribution in [2.24, 2.45) is 17.8 Å². The minimum Gasteiger partial charge on any atom is -0.313 e. The molecule has 1 fully saturated rings. The molecular weight excluding hydrogens is 230 g/mol. The predicted molar refractivity (Wildman–Crippen MR) is 83.4 cm³/mol. The average molecular weight is 259 g/mol. The molecule has 0 amide bonds. The number of aryl methyl sites for hydroxylation is 2. The fourth-order valence-corrected chi connectivity index (χ4v) is 3.63. The third kappa shape index (κ3) is 3.20. The average Bonchev–Trinajstić information content (AvgIpc) is 2.38. The lowest BCUT2D eigenvalue weighted by Gasteiger charge is -2.37. The van der Waals surface area contributed by atoms with E-state index in [0.717, 1.165) is 17.8 Å². The van der Waals surface area contributed by atoms with E-state index in [-0.39, 0.29) is 0 Å². The van der Waals surface area contributed by atoms with Crippen LogP contribution in [0.5, 0.6) is 0 Å². The Hall–Kier alpha value is -0.820. The minimum atomic E-state index is 0.523. The molecule has 19 heavy (non-hydrogen) atoms. The maximum Gasteiger partial charge on any atom is 0.0348 e. The Morgan fingerprint density at radius 2 is 1.84 bits per heavy atom. The van der Waals surface area contributed by atoms with Crippen LogP contribution in [0.1, 0.15) is 55.8 Å². The van der Waals surface area contributed by atoms with E-state index < -0.39 is 0 Å².